The van der Waals surface area contributed by atoms with Gasteiger partial charge in [-0.25, -0.2) is 0 Å². The minimum atomic E-state index is -0.573. The number of nitrogens with zero attached hydrogens (tertiary/aromatic N) is 1. The van der Waals surface area contributed by atoms with Crippen LogP contribution in [0.3, 0.4) is 0 Å². The molecule has 0 radical (unpaired) electrons. The third-order valence-electron chi connectivity index (χ3n) is 2.67. The Morgan fingerprint density at radius 2 is 1.95 bits per heavy atom. The summed E-state index contributed by atoms with van der Waals surface area (Å²) in [5, 5.41) is 12.2. The van der Waals surface area contributed by atoms with E-state index in [0.717, 1.165) is 0 Å². The lowest BCUT2D eigenvalue weighted by atomic mass is 10.3. The van der Waals surface area contributed by atoms with Crippen LogP contribution in [-0.2, 0) is 11.3 Å². The Bertz CT molecular complexity index is 782. The normalized spacial score (nSPS) is 10.5. The molecule has 0 atom stereocenters. The summed E-state index contributed by atoms with van der Waals surface area (Å²) < 4.78 is 1.84. The van der Waals surface area contributed by atoms with Crippen molar-refractivity contribution < 1.29 is 9.90 Å². The number of hydrogen-bond donors (Lipinski definition) is 2. The van der Waals surface area contributed by atoms with Crippen LogP contribution >= 0.6 is 50.7 Å². The number of halogens is 4. The van der Waals surface area contributed by atoms with Crippen LogP contribution in [0.25, 0.3) is 0 Å². The number of carbonyl (C=O) groups excluding carboxylic acids is 1. The van der Waals surface area contributed by atoms with Gasteiger partial charge in [0.25, 0.3) is 5.56 Å². The SMILES string of the molecule is O=C(Cn1cc(Br)ccc1=O)Nc1c(O)c(Cl)cc(Cl)c1Cl. The van der Waals surface area contributed by atoms with Gasteiger partial charge in [-0.05, 0) is 28.1 Å². The molecular weight excluding hydrogens is 418 g/mol. The van der Waals surface area contributed by atoms with Gasteiger partial charge in [0.1, 0.15) is 12.2 Å². The van der Waals surface area contributed by atoms with Gasteiger partial charge in [0, 0.05) is 16.7 Å². The molecule has 5 nitrogen and oxygen atoms in total. The molecule has 0 saturated heterocycles. The lowest BCUT2D eigenvalue weighted by Crippen LogP contribution is -2.26. The highest BCUT2D eigenvalue weighted by Crippen LogP contribution is 2.42. The first-order chi connectivity index (χ1) is 10.3. The molecule has 1 amide bonds. The second-order valence-corrected chi connectivity index (χ2v) is 6.35. The van der Waals surface area contributed by atoms with E-state index >= 15 is 0 Å². The molecule has 116 valence electrons. The fourth-order valence-corrected chi connectivity index (χ4v) is 2.69. The van der Waals surface area contributed by atoms with Crippen LogP contribution in [0, 0.1) is 0 Å². The Balaban J connectivity index is 2.27. The quantitative estimate of drug-likeness (QED) is 0.577. The second kappa shape index (κ2) is 6.91. The van der Waals surface area contributed by atoms with E-state index in [1.165, 1.54) is 22.9 Å². The van der Waals surface area contributed by atoms with Gasteiger partial charge in [0.15, 0.2) is 5.75 Å². The summed E-state index contributed by atoms with van der Waals surface area (Å²) in [6.45, 7) is -0.266. The maximum atomic E-state index is 12.0. The number of phenols is 1. The predicted molar refractivity (Wildman–Crippen MR) is 90.2 cm³/mol. The largest absolute Gasteiger partial charge is 0.504 e. The van der Waals surface area contributed by atoms with Crippen LogP contribution in [0.2, 0.25) is 15.1 Å². The van der Waals surface area contributed by atoms with Crippen molar-refractivity contribution in [1.29, 1.82) is 0 Å². The highest BCUT2D eigenvalue weighted by atomic mass is 79.9. The number of anilines is 1. The first-order valence-electron chi connectivity index (χ1n) is 5.82. The Morgan fingerprint density at radius 3 is 2.64 bits per heavy atom. The number of rotatable bonds is 3. The number of pyridine rings is 1. The fourth-order valence-electron chi connectivity index (χ4n) is 1.66. The number of phenolic OH excluding ortho intramolecular Hbond substituents is 1. The van der Waals surface area contributed by atoms with E-state index in [-0.39, 0.29) is 32.9 Å². The minimum absolute atomic E-state index is 0.0431. The maximum Gasteiger partial charge on any atom is 0.251 e. The van der Waals surface area contributed by atoms with Crippen molar-refractivity contribution >= 4 is 62.3 Å². The van der Waals surface area contributed by atoms with Crippen molar-refractivity contribution in [3.8, 4) is 5.75 Å². The van der Waals surface area contributed by atoms with E-state index < -0.39 is 11.7 Å². The van der Waals surface area contributed by atoms with Gasteiger partial charge in [0.2, 0.25) is 5.91 Å². The molecule has 1 heterocycles. The van der Waals surface area contributed by atoms with Gasteiger partial charge in [-0.3, -0.25) is 9.59 Å². The van der Waals surface area contributed by atoms with Gasteiger partial charge in [-0.1, -0.05) is 34.8 Å². The number of nitrogens with one attached hydrogen (secondary N) is 1. The molecule has 0 spiro atoms. The van der Waals surface area contributed by atoms with Crippen molar-refractivity contribution in [2.24, 2.45) is 0 Å². The summed E-state index contributed by atoms with van der Waals surface area (Å²) in [6, 6.07) is 4.14. The summed E-state index contributed by atoms with van der Waals surface area (Å²) in [5.41, 5.74) is -0.454. The molecule has 0 aliphatic rings. The monoisotopic (exact) mass is 424 g/mol. The Hall–Kier alpha value is -1.21. The number of amides is 1. The van der Waals surface area contributed by atoms with E-state index in [4.69, 9.17) is 34.8 Å². The van der Waals surface area contributed by atoms with Gasteiger partial charge in [-0.15, -0.1) is 0 Å². The zero-order valence-electron chi connectivity index (χ0n) is 10.7. The number of aromatic nitrogens is 1. The average Bonchev–Trinajstić information content (AvgIpc) is 2.45. The second-order valence-electron chi connectivity index (χ2n) is 4.24. The zero-order chi connectivity index (χ0) is 16.4. The average molecular weight is 426 g/mol. The van der Waals surface area contributed by atoms with Crippen LogP contribution < -0.4 is 10.9 Å². The molecule has 22 heavy (non-hydrogen) atoms. The molecule has 0 aliphatic carbocycles. The summed E-state index contributed by atoms with van der Waals surface area (Å²) >= 11 is 20.8. The summed E-state index contributed by atoms with van der Waals surface area (Å²) in [5.74, 6) is -0.971. The van der Waals surface area contributed by atoms with Gasteiger partial charge < -0.3 is 15.0 Å². The van der Waals surface area contributed by atoms with Crippen LogP contribution in [0.1, 0.15) is 0 Å². The van der Waals surface area contributed by atoms with Crippen molar-refractivity contribution in [2.45, 2.75) is 6.54 Å². The molecule has 1 aromatic heterocycles. The number of carbonyl (C=O) groups is 1. The van der Waals surface area contributed by atoms with Crippen LogP contribution in [0.5, 0.6) is 5.75 Å². The highest BCUT2D eigenvalue weighted by molar-refractivity contribution is 9.10. The van der Waals surface area contributed by atoms with E-state index in [1.54, 1.807) is 6.07 Å². The summed E-state index contributed by atoms with van der Waals surface area (Å²) in [6.07, 6.45) is 1.47. The topological polar surface area (TPSA) is 71.3 Å². The van der Waals surface area contributed by atoms with E-state index in [0.29, 0.717) is 4.47 Å². The van der Waals surface area contributed by atoms with Gasteiger partial charge >= 0.3 is 0 Å². The molecule has 1 aromatic carbocycles. The lowest BCUT2D eigenvalue weighted by molar-refractivity contribution is -0.116. The molecule has 0 bridgehead atoms. The molecule has 2 aromatic rings. The van der Waals surface area contributed by atoms with Crippen molar-refractivity contribution in [3.63, 3.8) is 0 Å². The fraction of sp³-hybridized carbons (Fsp3) is 0.0769. The molecule has 0 fully saturated rings. The van der Waals surface area contributed by atoms with Gasteiger partial charge in [-0.2, -0.15) is 0 Å². The molecule has 2 rings (SSSR count). The van der Waals surface area contributed by atoms with Crippen LogP contribution in [0.15, 0.2) is 33.7 Å². The molecule has 0 unspecified atom stereocenters. The first-order valence-corrected chi connectivity index (χ1v) is 7.74. The third-order valence-corrected chi connectivity index (χ3v) is 4.22. The van der Waals surface area contributed by atoms with E-state index in [1.807, 2.05) is 0 Å². The number of hydrogen-bond acceptors (Lipinski definition) is 3. The van der Waals surface area contributed by atoms with Crippen LogP contribution in [0.4, 0.5) is 5.69 Å². The Morgan fingerprint density at radius 1 is 1.27 bits per heavy atom. The Kier molecular flexibility index (Phi) is 5.39. The van der Waals surface area contributed by atoms with Crippen molar-refractivity contribution in [2.75, 3.05) is 5.32 Å². The van der Waals surface area contributed by atoms with E-state index in [9.17, 15) is 14.7 Å². The van der Waals surface area contributed by atoms with Gasteiger partial charge in [0.05, 0.1) is 15.1 Å². The molecular formula is C13H8BrCl3N2O3. The van der Waals surface area contributed by atoms with Crippen molar-refractivity contribution in [3.05, 3.63) is 54.3 Å². The molecule has 2 N–H and O–H groups in total. The van der Waals surface area contributed by atoms with E-state index in [2.05, 4.69) is 21.2 Å². The zero-order valence-corrected chi connectivity index (χ0v) is 14.6. The van der Waals surface area contributed by atoms with Crippen LogP contribution in [-0.4, -0.2) is 15.6 Å². The summed E-state index contributed by atoms with van der Waals surface area (Å²) in [4.78, 5) is 23.7. The maximum absolute atomic E-state index is 12.0. The smallest absolute Gasteiger partial charge is 0.251 e. The predicted octanol–water partition coefficient (Wildman–Crippen LogP) is 3.92. The third kappa shape index (κ3) is 3.76. The molecule has 9 heteroatoms. The molecule has 0 saturated carbocycles. The lowest BCUT2D eigenvalue weighted by Gasteiger charge is -2.12. The number of aromatic hydroxyl groups is 1. The van der Waals surface area contributed by atoms with Crippen molar-refractivity contribution in [1.82, 2.24) is 4.57 Å². The standard InChI is InChI=1S/C13H8BrCl3N2O3/c14-6-1-2-10(21)19(4-6)5-9(20)18-12-11(17)7(15)3-8(16)13(12)22/h1-4,22H,5H2,(H,18,20). The highest BCUT2D eigenvalue weighted by Gasteiger charge is 2.17. The first kappa shape index (κ1) is 17.1. The molecule has 0 aliphatic heterocycles. The Labute approximate surface area is 148 Å². The summed E-state index contributed by atoms with van der Waals surface area (Å²) in [7, 11) is 0. The minimum Gasteiger partial charge on any atom is -0.504 e. The number of benzene rings is 1.